The third kappa shape index (κ3) is 4.26. The molecule has 0 N–H and O–H groups in total. The quantitative estimate of drug-likeness (QED) is 0.393. The fraction of sp³-hybridized carbons (Fsp3) is 0.619. The van der Waals surface area contributed by atoms with Gasteiger partial charge in [0.2, 0.25) is 0 Å². The molecule has 1 aromatic carbocycles. The second kappa shape index (κ2) is 8.05. The normalized spacial score (nSPS) is 23.5. The van der Waals surface area contributed by atoms with Crippen LogP contribution < -0.4 is 0 Å². The Bertz CT molecular complexity index is 623. The predicted octanol–water partition coefficient (Wildman–Crippen LogP) is 4.70. The number of esters is 1. The van der Waals surface area contributed by atoms with Crippen molar-refractivity contribution >= 4 is 20.1 Å². The lowest BCUT2D eigenvalue weighted by Gasteiger charge is -2.46. The number of carbonyl (C=O) groups excluding carboxylic acids is 2. The lowest BCUT2D eigenvalue weighted by molar-refractivity contribution is -0.173. The van der Waals surface area contributed by atoms with Gasteiger partial charge >= 0.3 is 5.97 Å². The molecule has 1 fully saturated rings. The van der Waals surface area contributed by atoms with Gasteiger partial charge in [-0.05, 0) is 44.5 Å². The zero-order chi connectivity index (χ0) is 19.5. The molecule has 144 valence electrons. The maximum absolute atomic E-state index is 12.9. The van der Waals surface area contributed by atoms with E-state index in [-0.39, 0.29) is 11.7 Å². The molecular formula is C21H32O4Si. The van der Waals surface area contributed by atoms with E-state index in [1.807, 2.05) is 51.1 Å². The number of rotatable bonds is 7. The van der Waals surface area contributed by atoms with Gasteiger partial charge in [-0.25, -0.2) is 0 Å². The van der Waals surface area contributed by atoms with Crippen LogP contribution in [0.4, 0.5) is 0 Å². The number of hydrogen-bond donors (Lipinski definition) is 0. The second-order valence-electron chi connectivity index (χ2n) is 8.13. The summed E-state index contributed by atoms with van der Waals surface area (Å²) in [6, 6.07) is 12.7. The van der Waals surface area contributed by atoms with Gasteiger partial charge in [-0.2, -0.15) is 0 Å². The van der Waals surface area contributed by atoms with Crippen LogP contribution in [0.3, 0.4) is 0 Å². The fourth-order valence-corrected chi connectivity index (χ4v) is 6.46. The summed E-state index contributed by atoms with van der Waals surface area (Å²) < 4.78 is 12.0. The van der Waals surface area contributed by atoms with Gasteiger partial charge in [0.25, 0.3) is 0 Å². The van der Waals surface area contributed by atoms with Gasteiger partial charge in [0.1, 0.15) is 17.6 Å². The first kappa shape index (κ1) is 20.8. The number of hydrogen-bond acceptors (Lipinski definition) is 4. The van der Waals surface area contributed by atoms with Crippen molar-refractivity contribution in [1.29, 1.82) is 0 Å². The minimum atomic E-state index is -1.95. The number of carbonyl (C=O) groups is 2. The van der Waals surface area contributed by atoms with Gasteiger partial charge in [-0.3, -0.25) is 9.59 Å². The number of Topliss-reactive ketones (excluding diaryl/α,β-unsaturated/α-hetero) is 1. The van der Waals surface area contributed by atoms with Crippen molar-refractivity contribution in [1.82, 2.24) is 0 Å². The Morgan fingerprint density at radius 3 is 2.04 bits per heavy atom. The van der Waals surface area contributed by atoms with Gasteiger partial charge in [0.05, 0.1) is 0 Å². The molecule has 1 saturated carbocycles. The SMILES string of the molecule is CC[Si](CC)(CC)OC1C(=O)C(C(=O)OC(C)(C)C)C1c1ccccc1. The second-order valence-corrected chi connectivity index (χ2v) is 12.9. The van der Waals surface area contributed by atoms with E-state index in [1.54, 1.807) is 0 Å². The highest BCUT2D eigenvalue weighted by Gasteiger charge is 2.58. The van der Waals surface area contributed by atoms with Gasteiger partial charge in [-0.1, -0.05) is 51.1 Å². The summed E-state index contributed by atoms with van der Waals surface area (Å²) >= 11 is 0. The average Bonchev–Trinajstić information content (AvgIpc) is 2.60. The molecule has 3 unspecified atom stereocenters. The van der Waals surface area contributed by atoms with Crippen LogP contribution in [0.15, 0.2) is 30.3 Å². The summed E-state index contributed by atoms with van der Waals surface area (Å²) in [6.45, 7) is 11.9. The minimum Gasteiger partial charge on any atom is -0.459 e. The Morgan fingerprint density at radius 1 is 1.04 bits per heavy atom. The first-order valence-corrected chi connectivity index (χ1v) is 12.2. The van der Waals surface area contributed by atoms with E-state index in [1.165, 1.54) is 0 Å². The summed E-state index contributed by atoms with van der Waals surface area (Å²) in [6.07, 6.45) is -0.526. The Labute approximate surface area is 158 Å². The third-order valence-electron chi connectivity index (χ3n) is 5.43. The van der Waals surface area contributed by atoms with Crippen LogP contribution in [-0.4, -0.2) is 31.8 Å². The highest BCUT2D eigenvalue weighted by Crippen LogP contribution is 2.45. The van der Waals surface area contributed by atoms with Crippen LogP contribution in [0, 0.1) is 5.92 Å². The van der Waals surface area contributed by atoms with Crippen molar-refractivity contribution in [3.8, 4) is 0 Å². The van der Waals surface area contributed by atoms with Gasteiger partial charge in [-0.15, -0.1) is 0 Å². The summed E-state index contributed by atoms with van der Waals surface area (Å²) in [4.78, 5) is 25.6. The van der Waals surface area contributed by atoms with Crippen molar-refractivity contribution < 1.29 is 18.8 Å². The predicted molar refractivity (Wildman–Crippen MR) is 106 cm³/mol. The molecule has 0 radical (unpaired) electrons. The molecule has 0 spiro atoms. The van der Waals surface area contributed by atoms with Gasteiger partial charge < -0.3 is 9.16 Å². The van der Waals surface area contributed by atoms with Crippen LogP contribution in [0.5, 0.6) is 0 Å². The molecular weight excluding hydrogens is 344 g/mol. The van der Waals surface area contributed by atoms with Crippen LogP contribution in [0.25, 0.3) is 0 Å². The molecule has 5 heteroatoms. The molecule has 3 atom stereocenters. The Hall–Kier alpha value is -1.46. The van der Waals surface area contributed by atoms with Gasteiger partial charge in [0, 0.05) is 5.92 Å². The molecule has 0 aliphatic heterocycles. The topological polar surface area (TPSA) is 52.6 Å². The highest BCUT2D eigenvalue weighted by atomic mass is 28.4. The zero-order valence-electron chi connectivity index (χ0n) is 16.9. The summed E-state index contributed by atoms with van der Waals surface area (Å²) in [5.41, 5.74) is 0.360. The summed E-state index contributed by atoms with van der Waals surface area (Å²) in [7, 11) is -1.95. The van der Waals surface area contributed by atoms with E-state index in [0.29, 0.717) is 0 Å². The number of ether oxygens (including phenoxy) is 1. The van der Waals surface area contributed by atoms with Crippen LogP contribution in [0.1, 0.15) is 53.0 Å². The van der Waals surface area contributed by atoms with Gasteiger partial charge in [0.15, 0.2) is 14.1 Å². The maximum Gasteiger partial charge on any atom is 0.317 e. The molecule has 0 amide bonds. The molecule has 4 nitrogen and oxygen atoms in total. The van der Waals surface area contributed by atoms with Crippen LogP contribution >= 0.6 is 0 Å². The average molecular weight is 377 g/mol. The zero-order valence-corrected chi connectivity index (χ0v) is 17.9. The molecule has 0 heterocycles. The van der Waals surface area contributed by atoms with Crippen molar-refractivity contribution in [3.63, 3.8) is 0 Å². The number of ketones is 1. The maximum atomic E-state index is 12.9. The highest BCUT2D eigenvalue weighted by molar-refractivity contribution is 6.73. The minimum absolute atomic E-state index is 0.125. The molecule has 0 aromatic heterocycles. The van der Waals surface area contributed by atoms with Crippen LogP contribution in [-0.2, 0) is 18.8 Å². The Balaban J connectivity index is 2.32. The van der Waals surface area contributed by atoms with E-state index >= 15 is 0 Å². The van der Waals surface area contributed by atoms with E-state index < -0.39 is 31.9 Å². The first-order chi connectivity index (χ1) is 12.2. The third-order valence-corrected chi connectivity index (χ3v) is 10.0. The lowest BCUT2D eigenvalue weighted by Crippen LogP contribution is -2.59. The molecule has 1 aromatic rings. The van der Waals surface area contributed by atoms with E-state index in [0.717, 1.165) is 23.7 Å². The van der Waals surface area contributed by atoms with Crippen molar-refractivity contribution in [2.75, 3.05) is 0 Å². The largest absolute Gasteiger partial charge is 0.459 e. The van der Waals surface area contributed by atoms with Crippen molar-refractivity contribution in [3.05, 3.63) is 35.9 Å². The van der Waals surface area contributed by atoms with E-state index in [9.17, 15) is 9.59 Å². The Kier molecular flexibility index (Phi) is 6.45. The van der Waals surface area contributed by atoms with Crippen molar-refractivity contribution in [2.45, 2.75) is 77.3 Å². The molecule has 0 saturated heterocycles. The first-order valence-electron chi connectivity index (χ1n) is 9.67. The molecule has 2 rings (SSSR count). The molecule has 0 bridgehead atoms. The fourth-order valence-electron chi connectivity index (χ4n) is 3.66. The van der Waals surface area contributed by atoms with Crippen molar-refractivity contribution in [2.24, 2.45) is 5.92 Å². The Morgan fingerprint density at radius 2 is 1.58 bits per heavy atom. The van der Waals surface area contributed by atoms with E-state index in [4.69, 9.17) is 9.16 Å². The molecule has 1 aliphatic rings. The lowest BCUT2D eigenvalue weighted by atomic mass is 9.66. The smallest absolute Gasteiger partial charge is 0.317 e. The monoisotopic (exact) mass is 376 g/mol. The standard InChI is InChI=1S/C21H32O4Si/c1-7-26(8-2,9-3)25-19-16(15-13-11-10-12-14-15)17(18(19)22)20(23)24-21(4,5)6/h10-14,16-17,19H,7-9H2,1-6H3. The van der Waals surface area contributed by atoms with E-state index in [2.05, 4.69) is 20.8 Å². The summed E-state index contributed by atoms with van der Waals surface area (Å²) in [5, 5.41) is 0. The molecule has 1 aliphatic carbocycles. The summed E-state index contributed by atoms with van der Waals surface area (Å²) in [5.74, 6) is -1.58. The molecule has 26 heavy (non-hydrogen) atoms. The van der Waals surface area contributed by atoms with Crippen LogP contribution in [0.2, 0.25) is 18.1 Å². The number of benzene rings is 1.